The molecule has 0 bridgehead atoms. The lowest BCUT2D eigenvalue weighted by atomic mass is 10.1. The Hall–Kier alpha value is -3.43. The Balaban J connectivity index is 1.40. The van der Waals surface area contributed by atoms with Crippen LogP contribution in [0.15, 0.2) is 59.6 Å². The Labute approximate surface area is 199 Å². The number of morpholine rings is 1. The summed E-state index contributed by atoms with van der Waals surface area (Å²) in [5, 5.41) is 0.523. The van der Waals surface area contributed by atoms with E-state index in [1.807, 2.05) is 35.0 Å². The molecular weight excluding hydrogens is 457 g/mol. The van der Waals surface area contributed by atoms with E-state index in [0.717, 1.165) is 33.1 Å². The molecule has 3 aromatic rings. The van der Waals surface area contributed by atoms with Crippen LogP contribution in [-0.4, -0.2) is 57.7 Å². The van der Waals surface area contributed by atoms with Gasteiger partial charge in [0.1, 0.15) is 12.4 Å². The molecule has 2 aliphatic heterocycles. The molecule has 0 radical (unpaired) electrons. The maximum atomic E-state index is 13.2. The summed E-state index contributed by atoms with van der Waals surface area (Å²) >= 11 is 0.880. The number of imide groups is 1. The van der Waals surface area contributed by atoms with Gasteiger partial charge in [-0.25, -0.2) is 4.39 Å². The van der Waals surface area contributed by atoms with Crippen molar-refractivity contribution in [2.45, 2.75) is 13.1 Å². The van der Waals surface area contributed by atoms with E-state index in [-0.39, 0.29) is 36.0 Å². The highest BCUT2D eigenvalue weighted by Crippen LogP contribution is 2.35. The summed E-state index contributed by atoms with van der Waals surface area (Å²) < 4.78 is 20.4. The number of benzene rings is 2. The molecular formula is C25H22FN3O4S. The second kappa shape index (κ2) is 9.44. The molecule has 2 aromatic carbocycles. The summed E-state index contributed by atoms with van der Waals surface area (Å²) in [5.74, 6) is -0.753. The average Bonchev–Trinajstić information content (AvgIpc) is 3.33. The fourth-order valence-electron chi connectivity index (χ4n) is 4.13. The van der Waals surface area contributed by atoms with Crippen LogP contribution in [0.25, 0.3) is 17.0 Å². The van der Waals surface area contributed by atoms with Gasteiger partial charge in [-0.15, -0.1) is 0 Å². The number of halogens is 1. The molecule has 0 saturated carbocycles. The van der Waals surface area contributed by atoms with Crippen molar-refractivity contribution >= 4 is 45.8 Å². The van der Waals surface area contributed by atoms with E-state index >= 15 is 0 Å². The summed E-state index contributed by atoms with van der Waals surface area (Å²) in [6, 6.07) is 13.4. The van der Waals surface area contributed by atoms with Gasteiger partial charge in [0.15, 0.2) is 0 Å². The summed E-state index contributed by atoms with van der Waals surface area (Å²) in [4.78, 5) is 41.6. The van der Waals surface area contributed by atoms with Gasteiger partial charge < -0.3 is 14.2 Å². The lowest BCUT2D eigenvalue weighted by Crippen LogP contribution is -2.42. The number of para-hydroxylation sites is 1. The Bertz CT molecular complexity index is 1300. The maximum absolute atomic E-state index is 13.2. The lowest BCUT2D eigenvalue weighted by molar-refractivity contribution is -0.135. The third-order valence-electron chi connectivity index (χ3n) is 5.90. The molecule has 0 unspecified atom stereocenters. The molecule has 174 valence electrons. The molecule has 2 saturated heterocycles. The van der Waals surface area contributed by atoms with Gasteiger partial charge >= 0.3 is 0 Å². The van der Waals surface area contributed by atoms with Crippen LogP contribution in [0.2, 0.25) is 0 Å². The smallest absolute Gasteiger partial charge is 0.293 e. The molecule has 3 amide bonds. The van der Waals surface area contributed by atoms with Gasteiger partial charge in [-0.1, -0.05) is 30.3 Å². The number of amides is 3. The zero-order chi connectivity index (χ0) is 23.7. The van der Waals surface area contributed by atoms with E-state index in [4.69, 9.17) is 4.74 Å². The van der Waals surface area contributed by atoms with Gasteiger partial charge in [0, 0.05) is 35.8 Å². The molecule has 1 aromatic heterocycles. The highest BCUT2D eigenvalue weighted by molar-refractivity contribution is 8.18. The largest absolute Gasteiger partial charge is 0.378 e. The van der Waals surface area contributed by atoms with E-state index in [0.29, 0.717) is 36.8 Å². The zero-order valence-corrected chi connectivity index (χ0v) is 19.1. The van der Waals surface area contributed by atoms with Gasteiger partial charge in [-0.05, 0) is 41.6 Å². The first kappa shape index (κ1) is 22.4. The Morgan fingerprint density at radius 1 is 1.06 bits per heavy atom. The molecule has 2 fully saturated rings. The summed E-state index contributed by atoms with van der Waals surface area (Å²) in [7, 11) is 0. The van der Waals surface area contributed by atoms with E-state index in [1.165, 1.54) is 12.1 Å². The Kier molecular flexibility index (Phi) is 6.21. The molecule has 0 atom stereocenters. The quantitative estimate of drug-likeness (QED) is 0.520. The fraction of sp³-hybridized carbons (Fsp3) is 0.240. The van der Waals surface area contributed by atoms with Crippen molar-refractivity contribution in [1.82, 2.24) is 14.4 Å². The molecule has 9 heteroatoms. The minimum Gasteiger partial charge on any atom is -0.378 e. The van der Waals surface area contributed by atoms with Crippen LogP contribution in [-0.2, 0) is 27.4 Å². The van der Waals surface area contributed by atoms with E-state index < -0.39 is 0 Å². The number of nitrogens with zero attached hydrogens (tertiary/aromatic N) is 3. The van der Waals surface area contributed by atoms with E-state index in [1.54, 1.807) is 23.1 Å². The highest BCUT2D eigenvalue weighted by Gasteiger charge is 2.35. The van der Waals surface area contributed by atoms with Crippen molar-refractivity contribution < 1.29 is 23.5 Å². The van der Waals surface area contributed by atoms with Crippen LogP contribution < -0.4 is 0 Å². The van der Waals surface area contributed by atoms with Crippen molar-refractivity contribution in [1.29, 1.82) is 0 Å². The third kappa shape index (κ3) is 4.49. The molecule has 0 aliphatic carbocycles. The van der Waals surface area contributed by atoms with Crippen molar-refractivity contribution in [3.63, 3.8) is 0 Å². The standard InChI is InChI=1S/C25H22FN3O4S/c26-19-7-5-17(6-8-19)14-29-24(31)22(34-25(29)32)13-18-15-28(21-4-2-1-3-20(18)21)16-23(30)27-9-11-33-12-10-27/h1-8,13,15H,9-12,14,16H2/b22-13-. The van der Waals surface area contributed by atoms with Crippen molar-refractivity contribution in [2.24, 2.45) is 0 Å². The van der Waals surface area contributed by atoms with E-state index in [2.05, 4.69) is 0 Å². The van der Waals surface area contributed by atoms with Crippen molar-refractivity contribution in [3.8, 4) is 0 Å². The van der Waals surface area contributed by atoms with Crippen molar-refractivity contribution in [2.75, 3.05) is 26.3 Å². The molecule has 5 rings (SSSR count). The maximum Gasteiger partial charge on any atom is 0.293 e. The van der Waals surface area contributed by atoms with Gasteiger partial charge in [0.25, 0.3) is 11.1 Å². The Morgan fingerprint density at radius 2 is 1.79 bits per heavy atom. The molecule has 3 heterocycles. The summed E-state index contributed by atoms with van der Waals surface area (Å²) in [5.41, 5.74) is 2.31. The third-order valence-corrected chi connectivity index (χ3v) is 6.81. The van der Waals surface area contributed by atoms with Gasteiger partial charge in [-0.2, -0.15) is 0 Å². The number of carbonyl (C=O) groups is 3. The number of ether oxygens (including phenoxy) is 1. The molecule has 7 nitrogen and oxygen atoms in total. The topological polar surface area (TPSA) is 71.9 Å². The van der Waals surface area contributed by atoms with Gasteiger partial charge in [0.05, 0.1) is 24.7 Å². The normalized spacial score (nSPS) is 17.9. The first-order valence-electron chi connectivity index (χ1n) is 10.9. The van der Waals surface area contributed by atoms with Crippen LogP contribution in [0.4, 0.5) is 9.18 Å². The highest BCUT2D eigenvalue weighted by atomic mass is 32.2. The number of aromatic nitrogens is 1. The number of fused-ring (bicyclic) bond motifs is 1. The number of thioether (sulfide) groups is 1. The van der Waals surface area contributed by atoms with Crippen LogP contribution in [0.1, 0.15) is 11.1 Å². The van der Waals surface area contributed by atoms with Gasteiger partial charge in [0.2, 0.25) is 5.91 Å². The molecule has 34 heavy (non-hydrogen) atoms. The van der Waals surface area contributed by atoms with Crippen LogP contribution in [0.5, 0.6) is 0 Å². The van der Waals surface area contributed by atoms with Crippen LogP contribution in [0.3, 0.4) is 0 Å². The first-order chi connectivity index (χ1) is 16.5. The number of hydrogen-bond acceptors (Lipinski definition) is 5. The first-order valence-corrected chi connectivity index (χ1v) is 11.7. The molecule has 0 spiro atoms. The fourth-order valence-corrected chi connectivity index (χ4v) is 4.96. The Morgan fingerprint density at radius 3 is 2.56 bits per heavy atom. The number of rotatable bonds is 5. The average molecular weight is 480 g/mol. The minimum atomic E-state index is -0.388. The van der Waals surface area contributed by atoms with Gasteiger partial charge in [-0.3, -0.25) is 19.3 Å². The second-order valence-corrected chi connectivity index (χ2v) is 9.11. The second-order valence-electron chi connectivity index (χ2n) is 8.12. The van der Waals surface area contributed by atoms with E-state index in [9.17, 15) is 18.8 Å². The van der Waals surface area contributed by atoms with Crippen LogP contribution in [0, 0.1) is 5.82 Å². The summed E-state index contributed by atoms with van der Waals surface area (Å²) in [6.45, 7) is 2.49. The monoisotopic (exact) mass is 479 g/mol. The SMILES string of the molecule is O=C(Cn1cc(/C=C2\SC(=O)N(Cc3ccc(F)cc3)C2=O)c2ccccc21)N1CCOCC1. The molecule has 0 N–H and O–H groups in total. The number of carbonyl (C=O) groups excluding carboxylic acids is 3. The number of hydrogen-bond donors (Lipinski definition) is 0. The minimum absolute atomic E-state index is 0.00947. The zero-order valence-electron chi connectivity index (χ0n) is 18.3. The van der Waals surface area contributed by atoms with Crippen LogP contribution >= 0.6 is 11.8 Å². The summed E-state index contributed by atoms with van der Waals surface area (Å²) in [6.07, 6.45) is 3.55. The lowest BCUT2D eigenvalue weighted by Gasteiger charge is -2.27. The predicted octanol–water partition coefficient (Wildman–Crippen LogP) is 3.88. The van der Waals surface area contributed by atoms with Crippen molar-refractivity contribution in [3.05, 3.63) is 76.6 Å². The predicted molar refractivity (Wildman–Crippen MR) is 127 cm³/mol. The molecule has 2 aliphatic rings.